The molecule has 0 aliphatic carbocycles. The van der Waals surface area contributed by atoms with Crippen molar-refractivity contribution in [3.8, 4) is 17.4 Å². The molecule has 14 nitrogen and oxygen atoms in total. The van der Waals surface area contributed by atoms with E-state index < -0.39 is 33.1 Å². The van der Waals surface area contributed by atoms with Crippen LogP contribution in [0.25, 0.3) is 5.69 Å². The first-order valence-corrected chi connectivity index (χ1v) is 14.5. The van der Waals surface area contributed by atoms with Gasteiger partial charge in [-0.1, -0.05) is 11.6 Å². The second kappa shape index (κ2) is 11.8. The van der Waals surface area contributed by atoms with Crippen LogP contribution in [0, 0.1) is 0 Å². The van der Waals surface area contributed by atoms with Gasteiger partial charge < -0.3 is 18.9 Å². The highest BCUT2D eigenvalue weighted by atomic mass is 35.5. The molecule has 3 aromatic heterocycles. The van der Waals surface area contributed by atoms with Gasteiger partial charge in [-0.05, 0) is 47.5 Å². The molecular formula is C24H33ClN8O6S. The molecule has 1 aliphatic rings. The Morgan fingerprint density at radius 3 is 2.23 bits per heavy atom. The van der Waals surface area contributed by atoms with Crippen molar-refractivity contribution in [2.45, 2.75) is 76.6 Å². The Hall–Kier alpha value is -3.14. The highest BCUT2D eigenvalue weighted by Gasteiger charge is 2.40. The zero-order chi connectivity index (χ0) is 29.2. The third-order valence-corrected chi connectivity index (χ3v) is 8.16. The van der Waals surface area contributed by atoms with Crippen LogP contribution in [0.3, 0.4) is 0 Å². The number of methoxy groups -OCH3 is 2. The summed E-state index contributed by atoms with van der Waals surface area (Å²) in [6, 6.07) is 0. The quantitative estimate of drug-likeness (QED) is 0.343. The Bertz CT molecular complexity index is 1410. The molecule has 4 rings (SSSR count). The first-order valence-electron chi connectivity index (χ1n) is 12.6. The molecule has 4 heterocycles. The zero-order valence-corrected chi connectivity index (χ0v) is 24.9. The lowest BCUT2D eigenvalue weighted by Crippen LogP contribution is -2.35. The van der Waals surface area contributed by atoms with Crippen LogP contribution in [-0.4, -0.2) is 74.3 Å². The maximum absolute atomic E-state index is 13.8. The largest absolute Gasteiger partial charge is 0.479 e. The minimum atomic E-state index is -4.19. The average molecular weight is 597 g/mol. The van der Waals surface area contributed by atoms with Crippen LogP contribution in [0.2, 0.25) is 5.02 Å². The number of hydrogen-bond acceptors (Lipinski definition) is 12. The molecule has 0 unspecified atom stereocenters. The van der Waals surface area contributed by atoms with E-state index >= 15 is 0 Å². The monoisotopic (exact) mass is 596 g/mol. The molecule has 16 heteroatoms. The van der Waals surface area contributed by atoms with E-state index in [1.807, 2.05) is 13.8 Å². The third-order valence-electron chi connectivity index (χ3n) is 6.27. The average Bonchev–Trinajstić information content (AvgIpc) is 3.48. The van der Waals surface area contributed by atoms with E-state index in [2.05, 4.69) is 34.9 Å². The Kier molecular flexibility index (Phi) is 8.77. The van der Waals surface area contributed by atoms with E-state index in [1.54, 1.807) is 13.8 Å². The number of hydrogen-bond donors (Lipinski definition) is 1. The van der Waals surface area contributed by atoms with Crippen molar-refractivity contribution in [2.75, 3.05) is 18.9 Å². The second-order valence-electron chi connectivity index (χ2n) is 10.1. The fraction of sp³-hybridized carbons (Fsp3) is 0.583. The summed E-state index contributed by atoms with van der Waals surface area (Å²) >= 11 is 5.94. The Morgan fingerprint density at radius 2 is 1.70 bits per heavy atom. The molecule has 3 aromatic rings. The number of halogens is 1. The molecule has 1 fully saturated rings. The molecule has 0 radical (unpaired) electrons. The normalized spacial score (nSPS) is 18.5. The molecule has 0 saturated carbocycles. The summed E-state index contributed by atoms with van der Waals surface area (Å²) in [6.45, 7) is 9.01. The minimum Gasteiger partial charge on any atom is -0.479 e. The van der Waals surface area contributed by atoms with E-state index in [0.29, 0.717) is 17.3 Å². The van der Waals surface area contributed by atoms with Crippen molar-refractivity contribution in [1.29, 1.82) is 0 Å². The van der Waals surface area contributed by atoms with Gasteiger partial charge in [0.25, 0.3) is 0 Å². The number of nitrogens with zero attached hydrogens (tertiary/aromatic N) is 7. The number of rotatable bonds is 11. The maximum atomic E-state index is 13.8. The molecular weight excluding hydrogens is 564 g/mol. The van der Waals surface area contributed by atoms with Crippen LogP contribution < -0.4 is 14.2 Å². The van der Waals surface area contributed by atoms with E-state index in [1.165, 1.54) is 44.4 Å². The number of nitrogens with one attached hydrogen (secondary N) is 1. The molecule has 0 aromatic carbocycles. The first-order chi connectivity index (χ1) is 18.9. The standard InChI is InChI=1S/C24H33ClN8O6S/c1-13(2)38-18(19-26-10-15(25)11-27-19)14(3)40(34,35)32-23-31-30-20(16-8-9-24(4,5)39-16)33(23)17-21(36-6)28-12-29-22(17)37-7/h10-14,16,18H,8-9H2,1-7H3,(H,31,32)/t14-,16+,18+/m0/s1. The number of ether oxygens (including phenoxy) is 4. The van der Waals surface area contributed by atoms with Gasteiger partial charge >= 0.3 is 0 Å². The maximum Gasteiger partial charge on any atom is 0.245 e. The van der Waals surface area contributed by atoms with Crippen molar-refractivity contribution in [3.05, 3.63) is 35.4 Å². The van der Waals surface area contributed by atoms with Gasteiger partial charge in [-0.15, -0.1) is 10.2 Å². The topological polar surface area (TPSA) is 165 Å². The molecule has 1 N–H and O–H groups in total. The predicted octanol–water partition coefficient (Wildman–Crippen LogP) is 3.44. The molecule has 3 atom stereocenters. The summed E-state index contributed by atoms with van der Waals surface area (Å²) < 4.78 is 54.8. The lowest BCUT2D eigenvalue weighted by atomic mass is 10.1. The SMILES string of the molecule is COc1ncnc(OC)c1-n1c(NS(=O)(=O)[C@@H](C)[C@@H](OC(C)C)c2ncc(Cl)cn2)nnc1[C@H]1CCC(C)(C)O1. The Labute approximate surface area is 237 Å². The van der Waals surface area contributed by atoms with Crippen LogP contribution in [0.4, 0.5) is 5.95 Å². The molecule has 1 aliphatic heterocycles. The van der Waals surface area contributed by atoms with Crippen LogP contribution in [-0.2, 0) is 19.5 Å². The molecule has 0 amide bonds. The van der Waals surface area contributed by atoms with Crippen LogP contribution in [0.5, 0.6) is 11.8 Å². The van der Waals surface area contributed by atoms with E-state index in [4.69, 9.17) is 30.5 Å². The predicted molar refractivity (Wildman–Crippen MR) is 145 cm³/mol. The lowest BCUT2D eigenvalue weighted by Gasteiger charge is -2.25. The molecule has 0 bridgehead atoms. The van der Waals surface area contributed by atoms with Crippen molar-refractivity contribution in [1.82, 2.24) is 34.7 Å². The van der Waals surface area contributed by atoms with Crippen LogP contribution in [0.1, 0.15) is 71.3 Å². The van der Waals surface area contributed by atoms with E-state index in [-0.39, 0.29) is 35.3 Å². The summed E-state index contributed by atoms with van der Waals surface area (Å²) in [5, 5.41) is 7.66. The molecule has 40 heavy (non-hydrogen) atoms. The number of sulfonamides is 1. The fourth-order valence-electron chi connectivity index (χ4n) is 4.32. The van der Waals surface area contributed by atoms with E-state index in [9.17, 15) is 8.42 Å². The van der Waals surface area contributed by atoms with Crippen molar-refractivity contribution in [3.63, 3.8) is 0 Å². The Morgan fingerprint density at radius 1 is 1.07 bits per heavy atom. The fourth-order valence-corrected chi connectivity index (χ4v) is 5.50. The van der Waals surface area contributed by atoms with Gasteiger partial charge in [-0.3, -0.25) is 9.29 Å². The van der Waals surface area contributed by atoms with Crippen LogP contribution >= 0.6 is 11.6 Å². The van der Waals surface area contributed by atoms with Gasteiger partial charge in [0.1, 0.15) is 23.8 Å². The summed E-state index contributed by atoms with van der Waals surface area (Å²) in [4.78, 5) is 16.8. The van der Waals surface area contributed by atoms with Gasteiger partial charge in [-0.25, -0.2) is 18.4 Å². The summed E-state index contributed by atoms with van der Waals surface area (Å²) in [5.74, 6) is 0.600. The van der Waals surface area contributed by atoms with Gasteiger partial charge in [0, 0.05) is 12.4 Å². The smallest absolute Gasteiger partial charge is 0.245 e. The van der Waals surface area contributed by atoms with Gasteiger partial charge in [-0.2, -0.15) is 9.97 Å². The molecule has 1 saturated heterocycles. The summed E-state index contributed by atoms with van der Waals surface area (Å²) in [5.41, 5.74) is -0.195. The second-order valence-corrected chi connectivity index (χ2v) is 12.6. The summed E-state index contributed by atoms with van der Waals surface area (Å²) in [6.07, 6.45) is 3.59. The highest BCUT2D eigenvalue weighted by molar-refractivity contribution is 7.93. The molecule has 218 valence electrons. The van der Waals surface area contributed by atoms with Gasteiger partial charge in [0.15, 0.2) is 17.3 Å². The highest BCUT2D eigenvalue weighted by Crippen LogP contribution is 2.42. The minimum absolute atomic E-state index is 0.120. The number of anilines is 1. The van der Waals surface area contributed by atoms with Crippen LogP contribution in [0.15, 0.2) is 18.7 Å². The zero-order valence-electron chi connectivity index (χ0n) is 23.3. The lowest BCUT2D eigenvalue weighted by molar-refractivity contribution is -0.0207. The summed E-state index contributed by atoms with van der Waals surface area (Å²) in [7, 11) is -1.34. The van der Waals surface area contributed by atoms with Gasteiger partial charge in [0.2, 0.25) is 27.7 Å². The van der Waals surface area contributed by atoms with E-state index in [0.717, 1.165) is 6.42 Å². The third kappa shape index (κ3) is 6.27. The molecule has 0 spiro atoms. The van der Waals surface area contributed by atoms with Crippen molar-refractivity contribution >= 4 is 27.6 Å². The van der Waals surface area contributed by atoms with Crippen molar-refractivity contribution < 1.29 is 27.4 Å². The number of aromatic nitrogens is 7. The van der Waals surface area contributed by atoms with Gasteiger partial charge in [0.05, 0.1) is 30.9 Å². The first kappa shape index (κ1) is 29.8. The Balaban J connectivity index is 1.80. The van der Waals surface area contributed by atoms with Crippen molar-refractivity contribution in [2.24, 2.45) is 0 Å².